The van der Waals surface area contributed by atoms with Crippen LogP contribution in [0.3, 0.4) is 0 Å². The molecule has 17 heavy (non-hydrogen) atoms. The van der Waals surface area contributed by atoms with Gasteiger partial charge in [0.15, 0.2) is 9.84 Å². The highest BCUT2D eigenvalue weighted by Crippen LogP contribution is 2.34. The fourth-order valence-electron chi connectivity index (χ4n) is 1.65. The summed E-state index contributed by atoms with van der Waals surface area (Å²) in [6.45, 7) is 0.208. The second-order valence-corrected chi connectivity index (χ2v) is 7.58. The smallest absolute Gasteiger partial charge is 0.239 e. The molecule has 1 aliphatic rings. The average molecular weight is 297 g/mol. The van der Waals surface area contributed by atoms with Gasteiger partial charge in [-0.1, -0.05) is 11.6 Å². The van der Waals surface area contributed by atoms with Crippen molar-refractivity contribution in [2.24, 2.45) is 5.14 Å². The Kier molecular flexibility index (Phi) is 2.85. The van der Waals surface area contributed by atoms with Crippen LogP contribution in [-0.2, 0) is 19.9 Å². The molecule has 0 radical (unpaired) electrons. The van der Waals surface area contributed by atoms with Gasteiger partial charge in [-0.15, -0.1) is 0 Å². The summed E-state index contributed by atoms with van der Waals surface area (Å²) >= 11 is 5.73. The molecule has 0 aromatic heterocycles. The predicted molar refractivity (Wildman–Crippen MR) is 63.4 cm³/mol. The van der Waals surface area contributed by atoms with Crippen LogP contribution >= 0.6 is 11.6 Å². The van der Waals surface area contributed by atoms with Gasteiger partial charge in [-0.3, -0.25) is 0 Å². The highest BCUT2D eigenvalue weighted by Gasteiger charge is 2.31. The van der Waals surface area contributed by atoms with Gasteiger partial charge in [-0.05, 0) is 12.1 Å². The van der Waals surface area contributed by atoms with Gasteiger partial charge in [-0.25, -0.2) is 22.0 Å². The Hall–Kier alpha value is -0.830. The first kappa shape index (κ1) is 12.6. The Balaban J connectivity index is 2.91. The second kappa shape index (κ2) is 3.84. The Labute approximate surface area is 104 Å². The zero-order chi connectivity index (χ0) is 12.8. The third-order valence-corrected chi connectivity index (χ3v) is 5.41. The van der Waals surface area contributed by atoms with Crippen molar-refractivity contribution in [2.45, 2.75) is 9.79 Å². The number of halogens is 1. The first-order valence-corrected chi connectivity index (χ1v) is 8.12. The summed E-state index contributed by atoms with van der Waals surface area (Å²) in [5, 5.41) is 7.89. The minimum absolute atomic E-state index is 0.109. The molecule has 94 valence electrons. The fraction of sp³-hybridized carbons (Fsp3) is 0.250. The molecule has 0 fully saturated rings. The zero-order valence-electron chi connectivity index (χ0n) is 8.47. The predicted octanol–water partition coefficient (Wildman–Crippen LogP) is 0.187. The standard InChI is InChI=1S/C8H9ClN2O4S2/c9-5-3-6-8(7(4-5)17(10,14)15)16(12,13)2-1-11-6/h3-4,11H,1-2H2,(H2,10,14,15). The van der Waals surface area contributed by atoms with E-state index in [1.165, 1.54) is 6.07 Å². The van der Waals surface area contributed by atoms with Crippen molar-refractivity contribution in [1.82, 2.24) is 0 Å². The van der Waals surface area contributed by atoms with Crippen molar-refractivity contribution in [2.75, 3.05) is 17.6 Å². The number of hydrogen-bond donors (Lipinski definition) is 2. The highest BCUT2D eigenvalue weighted by molar-refractivity contribution is 7.93. The van der Waals surface area contributed by atoms with Crippen molar-refractivity contribution in [3.05, 3.63) is 17.2 Å². The zero-order valence-corrected chi connectivity index (χ0v) is 10.9. The minimum Gasteiger partial charge on any atom is -0.383 e. The van der Waals surface area contributed by atoms with E-state index >= 15 is 0 Å². The molecule has 0 saturated heterocycles. The molecule has 1 aliphatic heterocycles. The molecule has 1 heterocycles. The van der Waals surface area contributed by atoms with E-state index in [9.17, 15) is 16.8 Å². The van der Waals surface area contributed by atoms with Gasteiger partial charge in [0, 0.05) is 11.6 Å². The maximum Gasteiger partial charge on any atom is 0.239 e. The van der Waals surface area contributed by atoms with Crippen LogP contribution in [0.15, 0.2) is 21.9 Å². The number of nitrogens with two attached hydrogens (primary N) is 1. The topological polar surface area (TPSA) is 106 Å². The summed E-state index contributed by atoms with van der Waals surface area (Å²) in [6, 6.07) is 2.41. The first-order valence-electron chi connectivity index (χ1n) is 4.55. The fourth-order valence-corrected chi connectivity index (χ4v) is 4.73. The molecule has 6 nitrogen and oxygen atoms in total. The molecule has 0 unspecified atom stereocenters. The molecule has 9 heteroatoms. The van der Waals surface area contributed by atoms with Crippen molar-refractivity contribution < 1.29 is 16.8 Å². The number of sulfone groups is 1. The number of hydrogen-bond acceptors (Lipinski definition) is 5. The molecule has 0 saturated carbocycles. The summed E-state index contributed by atoms with van der Waals surface area (Å²) in [6.07, 6.45) is 0. The molecule has 1 aromatic rings. The van der Waals surface area contributed by atoms with Gasteiger partial charge < -0.3 is 5.32 Å². The molecule has 0 atom stereocenters. The first-order chi connectivity index (χ1) is 7.72. The van der Waals surface area contributed by atoms with Crippen molar-refractivity contribution in [3.8, 4) is 0 Å². The highest BCUT2D eigenvalue weighted by atomic mass is 35.5. The minimum atomic E-state index is -4.14. The Morgan fingerprint density at radius 1 is 1.35 bits per heavy atom. The third-order valence-electron chi connectivity index (χ3n) is 2.32. The molecule has 0 spiro atoms. The van der Waals surface area contributed by atoms with Crippen molar-refractivity contribution >= 4 is 37.1 Å². The SMILES string of the molecule is NS(=O)(=O)c1cc(Cl)cc2c1S(=O)(=O)CCN2. The maximum absolute atomic E-state index is 11.8. The monoisotopic (exact) mass is 296 g/mol. The Morgan fingerprint density at radius 2 is 2.00 bits per heavy atom. The van der Waals surface area contributed by atoms with E-state index in [0.29, 0.717) is 0 Å². The van der Waals surface area contributed by atoms with Crippen LogP contribution in [0.5, 0.6) is 0 Å². The van der Waals surface area contributed by atoms with Crippen LogP contribution in [0, 0.1) is 0 Å². The number of benzene rings is 1. The second-order valence-electron chi connectivity index (χ2n) is 3.57. The van der Waals surface area contributed by atoms with Gasteiger partial charge in [0.05, 0.1) is 11.4 Å². The lowest BCUT2D eigenvalue weighted by atomic mass is 10.3. The van der Waals surface area contributed by atoms with Crippen molar-refractivity contribution in [3.63, 3.8) is 0 Å². The lowest BCUT2D eigenvalue weighted by Crippen LogP contribution is -2.27. The van der Waals surface area contributed by atoms with Gasteiger partial charge in [0.2, 0.25) is 10.0 Å². The molecule has 3 N–H and O–H groups in total. The van der Waals surface area contributed by atoms with E-state index in [1.807, 2.05) is 0 Å². The number of nitrogens with one attached hydrogen (secondary N) is 1. The molecule has 0 bridgehead atoms. The Morgan fingerprint density at radius 3 is 2.59 bits per heavy atom. The van der Waals surface area contributed by atoms with Gasteiger partial charge in [0.1, 0.15) is 9.79 Å². The van der Waals surface area contributed by atoms with E-state index in [1.54, 1.807) is 0 Å². The summed E-state index contributed by atoms with van der Waals surface area (Å²) in [7, 11) is -7.79. The van der Waals surface area contributed by atoms with Crippen LogP contribution in [0.4, 0.5) is 5.69 Å². The van der Waals surface area contributed by atoms with E-state index < -0.39 is 24.8 Å². The number of primary sulfonamides is 1. The van der Waals surface area contributed by atoms with Crippen LogP contribution in [-0.4, -0.2) is 29.1 Å². The van der Waals surface area contributed by atoms with E-state index in [-0.39, 0.29) is 27.9 Å². The van der Waals surface area contributed by atoms with Crippen molar-refractivity contribution in [1.29, 1.82) is 0 Å². The maximum atomic E-state index is 11.8. The average Bonchev–Trinajstić information content (AvgIpc) is 2.13. The number of fused-ring (bicyclic) bond motifs is 1. The lowest BCUT2D eigenvalue weighted by Gasteiger charge is -2.20. The molecule has 0 amide bonds. The van der Waals surface area contributed by atoms with Gasteiger partial charge in [-0.2, -0.15) is 0 Å². The summed E-state index contributed by atoms with van der Waals surface area (Å²) in [5.74, 6) is -0.176. The quantitative estimate of drug-likeness (QED) is 0.769. The molecular formula is C8H9ClN2O4S2. The lowest BCUT2D eigenvalue weighted by molar-refractivity contribution is 0.582. The number of sulfonamides is 1. The van der Waals surface area contributed by atoms with E-state index in [0.717, 1.165) is 6.07 Å². The van der Waals surface area contributed by atoms with E-state index in [4.69, 9.17) is 16.7 Å². The summed E-state index contributed by atoms with van der Waals surface area (Å²) in [4.78, 5) is -0.761. The normalized spacial score (nSPS) is 18.2. The third kappa shape index (κ3) is 2.25. The van der Waals surface area contributed by atoms with Crippen LogP contribution in [0.1, 0.15) is 0 Å². The molecule has 2 rings (SSSR count). The molecule has 0 aliphatic carbocycles. The summed E-state index contributed by atoms with van der Waals surface area (Å²) < 4.78 is 46.4. The Bertz CT molecular complexity index is 682. The van der Waals surface area contributed by atoms with E-state index in [2.05, 4.69) is 5.32 Å². The molecular weight excluding hydrogens is 288 g/mol. The van der Waals surface area contributed by atoms with Crippen LogP contribution < -0.4 is 10.5 Å². The van der Waals surface area contributed by atoms with Gasteiger partial charge in [0.25, 0.3) is 0 Å². The molecule has 1 aromatic carbocycles. The summed E-state index contributed by atoms with van der Waals surface area (Å²) in [5.41, 5.74) is 0.174. The van der Waals surface area contributed by atoms with Gasteiger partial charge >= 0.3 is 0 Å². The van der Waals surface area contributed by atoms with Crippen LogP contribution in [0.2, 0.25) is 5.02 Å². The van der Waals surface area contributed by atoms with Crippen LogP contribution in [0.25, 0.3) is 0 Å². The number of rotatable bonds is 1. The largest absolute Gasteiger partial charge is 0.383 e. The number of anilines is 1.